The van der Waals surface area contributed by atoms with Crippen molar-refractivity contribution in [3.8, 4) is 5.75 Å². The smallest absolute Gasteiger partial charge is 0.223 e. The predicted octanol–water partition coefficient (Wildman–Crippen LogP) is 2.92. The molecule has 1 atom stereocenters. The lowest BCUT2D eigenvalue weighted by Crippen LogP contribution is -2.24. The fraction of sp³-hybridized carbons (Fsp3) is 0.533. The van der Waals surface area contributed by atoms with Crippen LogP contribution in [0.5, 0.6) is 5.75 Å². The van der Waals surface area contributed by atoms with Gasteiger partial charge in [-0.1, -0.05) is 18.5 Å². The lowest BCUT2D eigenvalue weighted by molar-refractivity contribution is -0.121. The highest BCUT2D eigenvalue weighted by Crippen LogP contribution is 2.28. The van der Waals surface area contributed by atoms with E-state index in [1.807, 2.05) is 19.1 Å². The first-order valence-electron chi connectivity index (χ1n) is 7.00. The number of hydrogen-bond donors (Lipinski definition) is 2. The second-order valence-electron chi connectivity index (χ2n) is 4.51. The topological polar surface area (TPSA) is 50.4 Å². The summed E-state index contributed by atoms with van der Waals surface area (Å²) in [7, 11) is 0. The van der Waals surface area contributed by atoms with Crippen LogP contribution in [0.3, 0.4) is 0 Å². The molecule has 0 radical (unpaired) electrons. The number of carbonyl (C=O) groups is 1. The third kappa shape index (κ3) is 5.39. The van der Waals surface area contributed by atoms with Gasteiger partial charge in [0.2, 0.25) is 5.91 Å². The molecule has 0 bridgehead atoms. The molecule has 0 spiro atoms. The Hall–Kier alpha value is -1.26. The third-order valence-electron chi connectivity index (χ3n) is 2.91. The van der Waals surface area contributed by atoms with Crippen LogP contribution in [0.2, 0.25) is 5.02 Å². The SMILES string of the molecule is CCNC(=O)CCOc1ccc(Cl)cc1C(C)NCC. The minimum absolute atomic E-state index is 0.00254. The lowest BCUT2D eigenvalue weighted by atomic mass is 10.1. The van der Waals surface area contributed by atoms with Gasteiger partial charge < -0.3 is 15.4 Å². The minimum atomic E-state index is 0.00254. The highest BCUT2D eigenvalue weighted by atomic mass is 35.5. The molecule has 0 aliphatic heterocycles. The summed E-state index contributed by atoms with van der Waals surface area (Å²) in [5.74, 6) is 0.773. The molecule has 0 aromatic heterocycles. The molecule has 1 unspecified atom stereocenters. The van der Waals surface area contributed by atoms with Crippen LogP contribution in [0, 0.1) is 0 Å². The number of ether oxygens (including phenoxy) is 1. The Balaban J connectivity index is 2.66. The number of hydrogen-bond acceptors (Lipinski definition) is 3. The van der Waals surface area contributed by atoms with Crippen molar-refractivity contribution in [1.29, 1.82) is 0 Å². The van der Waals surface area contributed by atoms with E-state index in [9.17, 15) is 4.79 Å². The van der Waals surface area contributed by atoms with Crippen molar-refractivity contribution in [2.75, 3.05) is 19.7 Å². The Morgan fingerprint density at radius 3 is 2.75 bits per heavy atom. The molecule has 1 aromatic rings. The predicted molar refractivity (Wildman–Crippen MR) is 82.3 cm³/mol. The molecule has 0 saturated heterocycles. The van der Waals surface area contributed by atoms with Gasteiger partial charge in [0, 0.05) is 23.2 Å². The molecule has 20 heavy (non-hydrogen) atoms. The average molecular weight is 299 g/mol. The number of nitrogens with one attached hydrogen (secondary N) is 2. The van der Waals surface area contributed by atoms with Crippen molar-refractivity contribution in [2.24, 2.45) is 0 Å². The van der Waals surface area contributed by atoms with Gasteiger partial charge in [0.15, 0.2) is 0 Å². The number of carbonyl (C=O) groups excluding carboxylic acids is 1. The van der Waals surface area contributed by atoms with E-state index in [-0.39, 0.29) is 11.9 Å². The van der Waals surface area contributed by atoms with Gasteiger partial charge in [0.1, 0.15) is 5.75 Å². The van der Waals surface area contributed by atoms with Crippen LogP contribution in [-0.4, -0.2) is 25.6 Å². The summed E-state index contributed by atoms with van der Waals surface area (Å²) < 4.78 is 5.72. The lowest BCUT2D eigenvalue weighted by Gasteiger charge is -2.18. The standard InChI is InChI=1S/C15H23ClN2O2/c1-4-17-11(3)13-10-12(16)6-7-14(13)20-9-8-15(19)18-5-2/h6-7,10-11,17H,4-5,8-9H2,1-3H3,(H,18,19). The van der Waals surface area contributed by atoms with Crippen molar-refractivity contribution in [3.63, 3.8) is 0 Å². The first-order valence-corrected chi connectivity index (χ1v) is 7.38. The number of benzene rings is 1. The summed E-state index contributed by atoms with van der Waals surface area (Å²) in [6, 6.07) is 5.70. The van der Waals surface area contributed by atoms with Crippen LogP contribution >= 0.6 is 11.6 Å². The Morgan fingerprint density at radius 2 is 2.10 bits per heavy atom. The van der Waals surface area contributed by atoms with E-state index in [0.29, 0.717) is 24.6 Å². The van der Waals surface area contributed by atoms with E-state index in [4.69, 9.17) is 16.3 Å². The van der Waals surface area contributed by atoms with Gasteiger partial charge in [0.25, 0.3) is 0 Å². The summed E-state index contributed by atoms with van der Waals surface area (Å²) >= 11 is 6.04. The van der Waals surface area contributed by atoms with Gasteiger partial charge in [-0.15, -0.1) is 0 Å². The van der Waals surface area contributed by atoms with Crippen molar-refractivity contribution < 1.29 is 9.53 Å². The van der Waals surface area contributed by atoms with Crippen LogP contribution in [0.4, 0.5) is 0 Å². The third-order valence-corrected chi connectivity index (χ3v) is 3.14. The van der Waals surface area contributed by atoms with Crippen molar-refractivity contribution in [1.82, 2.24) is 10.6 Å². The van der Waals surface area contributed by atoms with Crippen molar-refractivity contribution in [2.45, 2.75) is 33.2 Å². The van der Waals surface area contributed by atoms with Crippen LogP contribution in [0.25, 0.3) is 0 Å². The minimum Gasteiger partial charge on any atom is -0.493 e. The maximum Gasteiger partial charge on any atom is 0.223 e. The van der Waals surface area contributed by atoms with E-state index in [2.05, 4.69) is 24.5 Å². The zero-order valence-corrected chi connectivity index (χ0v) is 13.1. The molecule has 1 rings (SSSR count). The largest absolute Gasteiger partial charge is 0.493 e. The van der Waals surface area contributed by atoms with Gasteiger partial charge in [-0.2, -0.15) is 0 Å². The quantitative estimate of drug-likeness (QED) is 0.776. The molecule has 0 aliphatic rings. The Labute approximate surface area is 125 Å². The van der Waals surface area contributed by atoms with E-state index in [0.717, 1.165) is 17.9 Å². The fourth-order valence-electron chi connectivity index (χ4n) is 1.94. The number of halogens is 1. The number of rotatable bonds is 8. The Bertz CT molecular complexity index is 438. The molecular formula is C15H23ClN2O2. The molecule has 0 aliphatic carbocycles. The molecule has 0 heterocycles. The molecule has 112 valence electrons. The second-order valence-corrected chi connectivity index (χ2v) is 4.95. The fourth-order valence-corrected chi connectivity index (χ4v) is 2.13. The summed E-state index contributed by atoms with van der Waals surface area (Å²) in [5, 5.41) is 6.76. The van der Waals surface area contributed by atoms with E-state index < -0.39 is 0 Å². The van der Waals surface area contributed by atoms with Crippen LogP contribution < -0.4 is 15.4 Å². The van der Waals surface area contributed by atoms with Crippen LogP contribution in [0.15, 0.2) is 18.2 Å². The molecule has 1 aromatic carbocycles. The zero-order valence-electron chi connectivity index (χ0n) is 12.3. The van der Waals surface area contributed by atoms with Crippen LogP contribution in [-0.2, 0) is 4.79 Å². The van der Waals surface area contributed by atoms with Gasteiger partial charge >= 0.3 is 0 Å². The maximum absolute atomic E-state index is 11.4. The van der Waals surface area contributed by atoms with E-state index in [1.54, 1.807) is 6.07 Å². The highest BCUT2D eigenvalue weighted by molar-refractivity contribution is 6.30. The highest BCUT2D eigenvalue weighted by Gasteiger charge is 2.12. The Kier molecular flexibility index (Phi) is 7.41. The molecule has 2 N–H and O–H groups in total. The summed E-state index contributed by atoms with van der Waals surface area (Å²) in [4.78, 5) is 11.4. The van der Waals surface area contributed by atoms with Crippen molar-refractivity contribution >= 4 is 17.5 Å². The molecule has 0 fully saturated rings. The first kappa shape index (κ1) is 16.8. The first-order chi connectivity index (χ1) is 9.58. The monoisotopic (exact) mass is 298 g/mol. The maximum atomic E-state index is 11.4. The number of amides is 1. The molecule has 4 nitrogen and oxygen atoms in total. The molecule has 5 heteroatoms. The van der Waals surface area contributed by atoms with Gasteiger partial charge in [-0.3, -0.25) is 4.79 Å². The molecular weight excluding hydrogens is 276 g/mol. The van der Waals surface area contributed by atoms with Gasteiger partial charge in [0.05, 0.1) is 13.0 Å². The summed E-state index contributed by atoms with van der Waals surface area (Å²) in [6.45, 7) is 7.88. The summed E-state index contributed by atoms with van der Waals surface area (Å²) in [5.41, 5.74) is 1.01. The second kappa shape index (κ2) is 8.82. The van der Waals surface area contributed by atoms with Crippen LogP contribution in [0.1, 0.15) is 38.8 Å². The van der Waals surface area contributed by atoms with E-state index >= 15 is 0 Å². The normalized spacial score (nSPS) is 12.0. The van der Waals surface area contributed by atoms with Gasteiger partial charge in [-0.05, 0) is 38.6 Å². The van der Waals surface area contributed by atoms with E-state index in [1.165, 1.54) is 0 Å². The van der Waals surface area contributed by atoms with Gasteiger partial charge in [-0.25, -0.2) is 0 Å². The molecule has 0 saturated carbocycles. The molecule has 1 amide bonds. The zero-order chi connectivity index (χ0) is 15.0. The summed E-state index contributed by atoms with van der Waals surface area (Å²) in [6.07, 6.45) is 0.353. The average Bonchev–Trinajstić information content (AvgIpc) is 2.41. The van der Waals surface area contributed by atoms with Crippen molar-refractivity contribution in [3.05, 3.63) is 28.8 Å². The Morgan fingerprint density at radius 1 is 1.35 bits per heavy atom.